The van der Waals surface area contributed by atoms with E-state index in [4.69, 9.17) is 4.74 Å². The zero-order valence-corrected chi connectivity index (χ0v) is 19.6. The second kappa shape index (κ2) is 11.9. The van der Waals surface area contributed by atoms with Crippen LogP contribution in [-0.4, -0.2) is 35.4 Å². The van der Waals surface area contributed by atoms with Crippen molar-refractivity contribution in [3.8, 4) is 17.0 Å². The molecule has 0 unspecified atom stereocenters. The normalized spacial score (nSPS) is 10.6. The Morgan fingerprint density at radius 1 is 0.970 bits per heavy atom. The highest BCUT2D eigenvalue weighted by molar-refractivity contribution is 5.90. The van der Waals surface area contributed by atoms with E-state index in [2.05, 4.69) is 29.2 Å². The summed E-state index contributed by atoms with van der Waals surface area (Å²) in [4.78, 5) is 26.8. The summed E-state index contributed by atoms with van der Waals surface area (Å²) in [5.41, 5.74) is 3.32. The summed E-state index contributed by atoms with van der Waals surface area (Å²) in [7, 11) is 0. The molecule has 3 rings (SSSR count). The third kappa shape index (κ3) is 6.68. The first kappa shape index (κ1) is 24.0. The van der Waals surface area contributed by atoms with E-state index >= 15 is 0 Å². The summed E-state index contributed by atoms with van der Waals surface area (Å²) >= 11 is 0. The van der Waals surface area contributed by atoms with Crippen molar-refractivity contribution in [1.82, 2.24) is 9.78 Å². The number of aromatic nitrogens is 2. The molecule has 0 saturated heterocycles. The Kier molecular flexibility index (Phi) is 8.63. The lowest BCUT2D eigenvalue weighted by atomic mass is 10.1. The Labute approximate surface area is 195 Å². The Hall–Kier alpha value is -3.61. The third-order valence-electron chi connectivity index (χ3n) is 5.38. The predicted octanol–water partition coefficient (Wildman–Crippen LogP) is 4.57. The molecular formula is C26H32N4O3. The molecule has 3 aromatic rings. The van der Waals surface area contributed by atoms with Gasteiger partial charge in [0.15, 0.2) is 0 Å². The minimum absolute atomic E-state index is 0.0821. The third-order valence-corrected chi connectivity index (χ3v) is 5.38. The van der Waals surface area contributed by atoms with Gasteiger partial charge in [0.2, 0.25) is 5.91 Å². The van der Waals surface area contributed by atoms with Gasteiger partial charge in [0.05, 0.1) is 12.3 Å². The number of ether oxygens (including phenoxy) is 1. The van der Waals surface area contributed by atoms with Gasteiger partial charge in [-0.05, 0) is 81.8 Å². The highest BCUT2D eigenvalue weighted by atomic mass is 16.5. The summed E-state index contributed by atoms with van der Waals surface area (Å²) in [6, 6.07) is 18.7. The molecule has 1 amide bonds. The van der Waals surface area contributed by atoms with Crippen LogP contribution < -0.4 is 20.5 Å². The average molecular weight is 449 g/mol. The second-order valence-electron chi connectivity index (χ2n) is 7.61. The Morgan fingerprint density at radius 3 is 2.30 bits per heavy atom. The number of rotatable bonds is 11. The fourth-order valence-electron chi connectivity index (χ4n) is 3.61. The zero-order valence-electron chi connectivity index (χ0n) is 19.6. The SMILES string of the molecule is CCOc1ccc(-c2ccc(=O)n(CCCC(=O)Nc3ccc(N(CC)CC)cc3)n2)cc1. The maximum absolute atomic E-state index is 12.4. The molecule has 0 saturated carbocycles. The fourth-order valence-corrected chi connectivity index (χ4v) is 3.61. The smallest absolute Gasteiger partial charge is 0.266 e. The van der Waals surface area contributed by atoms with Gasteiger partial charge in [-0.1, -0.05) is 0 Å². The monoisotopic (exact) mass is 448 g/mol. The summed E-state index contributed by atoms with van der Waals surface area (Å²) in [5, 5.41) is 7.39. The van der Waals surface area contributed by atoms with Gasteiger partial charge in [-0.2, -0.15) is 5.10 Å². The van der Waals surface area contributed by atoms with Crippen molar-refractivity contribution in [2.75, 3.05) is 29.9 Å². The molecule has 33 heavy (non-hydrogen) atoms. The van der Waals surface area contributed by atoms with E-state index in [0.29, 0.717) is 31.7 Å². The van der Waals surface area contributed by atoms with Crippen molar-refractivity contribution in [2.45, 2.75) is 40.2 Å². The lowest BCUT2D eigenvalue weighted by molar-refractivity contribution is -0.116. The van der Waals surface area contributed by atoms with Crippen LogP contribution in [0, 0.1) is 0 Å². The summed E-state index contributed by atoms with van der Waals surface area (Å²) in [6.07, 6.45) is 0.822. The predicted molar refractivity (Wildman–Crippen MR) is 133 cm³/mol. The molecule has 0 bridgehead atoms. The maximum atomic E-state index is 12.4. The highest BCUT2D eigenvalue weighted by Gasteiger charge is 2.07. The van der Waals surface area contributed by atoms with Gasteiger partial charge in [-0.25, -0.2) is 4.68 Å². The summed E-state index contributed by atoms with van der Waals surface area (Å²) in [6.45, 7) is 9.04. The van der Waals surface area contributed by atoms with Crippen molar-refractivity contribution in [1.29, 1.82) is 0 Å². The van der Waals surface area contributed by atoms with Gasteiger partial charge in [-0.3, -0.25) is 9.59 Å². The molecule has 0 aliphatic rings. The molecule has 7 heteroatoms. The van der Waals surface area contributed by atoms with Gasteiger partial charge >= 0.3 is 0 Å². The topological polar surface area (TPSA) is 76.5 Å². The number of nitrogens with one attached hydrogen (secondary N) is 1. The number of benzene rings is 2. The van der Waals surface area contributed by atoms with E-state index in [1.54, 1.807) is 6.07 Å². The molecule has 1 aromatic heterocycles. The fraction of sp³-hybridized carbons (Fsp3) is 0.346. The molecule has 2 aromatic carbocycles. The van der Waals surface area contributed by atoms with Crippen LogP contribution in [0.3, 0.4) is 0 Å². The number of hydrogen-bond donors (Lipinski definition) is 1. The van der Waals surface area contributed by atoms with Gasteiger partial charge in [-0.15, -0.1) is 0 Å². The first-order chi connectivity index (χ1) is 16.0. The molecule has 0 aliphatic carbocycles. The lowest BCUT2D eigenvalue weighted by Crippen LogP contribution is -2.23. The molecule has 0 fully saturated rings. The van der Waals surface area contributed by atoms with Gasteiger partial charge in [0.1, 0.15) is 5.75 Å². The lowest BCUT2D eigenvalue weighted by Gasteiger charge is -2.21. The van der Waals surface area contributed by atoms with E-state index in [-0.39, 0.29) is 11.5 Å². The van der Waals surface area contributed by atoms with E-state index in [1.807, 2.05) is 55.5 Å². The largest absolute Gasteiger partial charge is 0.494 e. The first-order valence-electron chi connectivity index (χ1n) is 11.5. The molecule has 174 valence electrons. The quantitative estimate of drug-likeness (QED) is 0.465. The van der Waals surface area contributed by atoms with Crippen molar-refractivity contribution < 1.29 is 9.53 Å². The van der Waals surface area contributed by atoms with Crippen LogP contribution in [0.2, 0.25) is 0 Å². The van der Waals surface area contributed by atoms with Crippen LogP contribution in [0.4, 0.5) is 11.4 Å². The van der Waals surface area contributed by atoms with Crippen LogP contribution in [0.5, 0.6) is 5.75 Å². The van der Waals surface area contributed by atoms with E-state index in [0.717, 1.165) is 35.8 Å². The molecule has 1 heterocycles. The molecule has 0 radical (unpaired) electrons. The Morgan fingerprint density at radius 2 is 1.67 bits per heavy atom. The maximum Gasteiger partial charge on any atom is 0.266 e. The first-order valence-corrected chi connectivity index (χ1v) is 11.5. The second-order valence-corrected chi connectivity index (χ2v) is 7.61. The summed E-state index contributed by atoms with van der Waals surface area (Å²) < 4.78 is 6.88. The standard InChI is InChI=1S/C26H32N4O3/c1-4-29(5-2)22-13-11-21(12-14-22)27-25(31)8-7-19-30-26(32)18-17-24(28-30)20-9-15-23(16-10-20)33-6-3/h9-18H,4-8,19H2,1-3H3,(H,27,31). The summed E-state index contributed by atoms with van der Waals surface area (Å²) in [5.74, 6) is 0.713. The molecule has 0 atom stereocenters. The number of hydrogen-bond acceptors (Lipinski definition) is 5. The van der Waals surface area contributed by atoms with Gasteiger partial charge in [0.25, 0.3) is 5.56 Å². The number of anilines is 2. The highest BCUT2D eigenvalue weighted by Crippen LogP contribution is 2.20. The Bertz CT molecular complexity index is 1090. The van der Waals surface area contributed by atoms with Crippen molar-refractivity contribution in [3.63, 3.8) is 0 Å². The van der Waals surface area contributed by atoms with Crippen LogP contribution in [0.1, 0.15) is 33.6 Å². The van der Waals surface area contributed by atoms with Crippen molar-refractivity contribution >= 4 is 17.3 Å². The van der Waals surface area contributed by atoms with Gasteiger partial charge < -0.3 is 15.0 Å². The van der Waals surface area contributed by atoms with Crippen LogP contribution >= 0.6 is 0 Å². The van der Waals surface area contributed by atoms with Gasteiger partial charge in [0, 0.05) is 49.1 Å². The molecular weight excluding hydrogens is 416 g/mol. The Balaban J connectivity index is 1.55. The van der Waals surface area contributed by atoms with Crippen LogP contribution in [0.25, 0.3) is 11.3 Å². The number of carbonyl (C=O) groups excluding carboxylic acids is 1. The van der Waals surface area contributed by atoms with Crippen LogP contribution in [-0.2, 0) is 11.3 Å². The molecule has 1 N–H and O–H groups in total. The van der Waals surface area contributed by atoms with Crippen molar-refractivity contribution in [2.24, 2.45) is 0 Å². The van der Waals surface area contributed by atoms with E-state index in [9.17, 15) is 9.59 Å². The van der Waals surface area contributed by atoms with E-state index < -0.39 is 0 Å². The molecule has 0 aliphatic heterocycles. The minimum Gasteiger partial charge on any atom is -0.494 e. The average Bonchev–Trinajstić information content (AvgIpc) is 2.83. The van der Waals surface area contributed by atoms with Crippen molar-refractivity contribution in [3.05, 3.63) is 71.0 Å². The number of carbonyl (C=O) groups is 1. The minimum atomic E-state index is -0.183. The molecule has 0 spiro atoms. The number of aryl methyl sites for hydroxylation is 1. The molecule has 7 nitrogen and oxygen atoms in total. The van der Waals surface area contributed by atoms with E-state index in [1.165, 1.54) is 10.7 Å². The zero-order chi connectivity index (χ0) is 23.6. The van der Waals surface area contributed by atoms with Crippen LogP contribution in [0.15, 0.2) is 65.5 Å². The number of amides is 1. The number of nitrogens with zero attached hydrogens (tertiary/aromatic N) is 3.